The Kier molecular flexibility index (Phi) is 8.89. The lowest BCUT2D eigenvalue weighted by atomic mass is 9.53. The summed E-state index contributed by atoms with van der Waals surface area (Å²) < 4.78 is 5.69. The number of hydrogen-bond donors (Lipinski definition) is 3. The maximum atomic E-state index is 12.7. The number of carbonyl (C=O) groups excluding carboxylic acids is 1. The molecule has 4 aliphatic carbocycles. The molecule has 4 fully saturated rings. The van der Waals surface area contributed by atoms with Crippen LogP contribution in [-0.4, -0.2) is 41.2 Å². The summed E-state index contributed by atoms with van der Waals surface area (Å²) in [4.78, 5) is 11.8. The third-order valence-electron chi connectivity index (χ3n) is 11.8. The van der Waals surface area contributed by atoms with E-state index in [2.05, 4.69) is 50.5 Å². The molecule has 0 aromatic carbocycles. The topological polar surface area (TPSA) is 83.0 Å². The van der Waals surface area contributed by atoms with Crippen LogP contribution in [0.15, 0.2) is 5.10 Å². The van der Waals surface area contributed by atoms with E-state index in [9.17, 15) is 9.90 Å². The molecule has 0 unspecified atom stereocenters. The summed E-state index contributed by atoms with van der Waals surface area (Å²) in [5.41, 5.74) is 2.07. The van der Waals surface area contributed by atoms with Gasteiger partial charge in [-0.2, -0.15) is 5.10 Å². The van der Waals surface area contributed by atoms with Gasteiger partial charge >= 0.3 is 5.97 Å². The summed E-state index contributed by atoms with van der Waals surface area (Å²) >= 11 is 5.27. The fraction of sp³-hybridized carbons (Fsp3) is 0.903. The summed E-state index contributed by atoms with van der Waals surface area (Å²) in [7, 11) is 1.78. The van der Waals surface area contributed by atoms with E-state index in [1.807, 2.05) is 6.21 Å². The minimum atomic E-state index is -0.959. The smallest absolute Gasteiger partial charge is 0.302 e. The molecule has 0 bridgehead atoms. The van der Waals surface area contributed by atoms with E-state index in [-0.39, 0.29) is 23.4 Å². The molecule has 0 aromatic heterocycles. The molecule has 4 rings (SSSR count). The van der Waals surface area contributed by atoms with Gasteiger partial charge in [0.05, 0.1) is 5.60 Å². The van der Waals surface area contributed by atoms with Gasteiger partial charge in [-0.25, -0.2) is 0 Å². The molecule has 10 atom stereocenters. The first kappa shape index (κ1) is 29.8. The molecule has 0 saturated heterocycles. The van der Waals surface area contributed by atoms with Crippen LogP contribution >= 0.6 is 12.2 Å². The third-order valence-corrected chi connectivity index (χ3v) is 12.1. The van der Waals surface area contributed by atoms with E-state index in [4.69, 9.17) is 17.0 Å². The number of esters is 1. The van der Waals surface area contributed by atoms with Crippen molar-refractivity contribution in [3.8, 4) is 0 Å². The zero-order valence-electron chi connectivity index (χ0n) is 24.9. The van der Waals surface area contributed by atoms with Gasteiger partial charge in [0.15, 0.2) is 5.11 Å². The first-order valence-corrected chi connectivity index (χ1v) is 15.7. The number of ether oxygens (including phenoxy) is 1. The summed E-state index contributed by atoms with van der Waals surface area (Å²) in [5, 5.41) is 20.6. The number of hydrazone groups is 1. The van der Waals surface area contributed by atoms with Crippen LogP contribution in [-0.2, 0) is 9.53 Å². The molecule has 216 valence electrons. The molecule has 38 heavy (non-hydrogen) atoms. The van der Waals surface area contributed by atoms with Crippen LogP contribution in [0.1, 0.15) is 106 Å². The number of thiocarbonyl (C=S) groups is 1. The molecule has 0 heterocycles. The van der Waals surface area contributed by atoms with Gasteiger partial charge in [0.1, 0.15) is 6.10 Å². The Morgan fingerprint density at radius 3 is 2.53 bits per heavy atom. The average molecular weight is 548 g/mol. The van der Waals surface area contributed by atoms with Crippen LogP contribution in [0.2, 0.25) is 0 Å². The minimum absolute atomic E-state index is 0.0948. The monoisotopic (exact) mass is 547 g/mol. The zero-order valence-corrected chi connectivity index (χ0v) is 25.7. The summed E-state index contributed by atoms with van der Waals surface area (Å²) in [6.45, 7) is 13.5. The fourth-order valence-electron chi connectivity index (χ4n) is 9.95. The predicted octanol–water partition coefficient (Wildman–Crippen LogP) is 6.07. The van der Waals surface area contributed by atoms with E-state index in [0.29, 0.717) is 34.7 Å². The maximum absolute atomic E-state index is 12.7. The number of nitrogens with zero attached hydrogens (tertiary/aromatic N) is 1. The number of hydrogen-bond acceptors (Lipinski definition) is 5. The second kappa shape index (κ2) is 11.3. The van der Waals surface area contributed by atoms with E-state index in [1.54, 1.807) is 7.05 Å². The number of carbonyl (C=O) groups is 1. The second-order valence-electron chi connectivity index (χ2n) is 14.1. The molecule has 6 nitrogen and oxygen atoms in total. The molecule has 0 aliphatic heterocycles. The number of fused-ring (bicyclic) bond motifs is 5. The highest BCUT2D eigenvalue weighted by Gasteiger charge is 2.72. The van der Waals surface area contributed by atoms with Crippen molar-refractivity contribution in [2.75, 3.05) is 7.05 Å². The average Bonchev–Trinajstić information content (AvgIpc) is 3.28. The van der Waals surface area contributed by atoms with Crippen molar-refractivity contribution in [3.63, 3.8) is 0 Å². The van der Waals surface area contributed by atoms with Gasteiger partial charge in [-0.05, 0) is 91.7 Å². The lowest BCUT2D eigenvalue weighted by Crippen LogP contribution is -2.55. The van der Waals surface area contributed by atoms with Gasteiger partial charge in [0.25, 0.3) is 0 Å². The van der Waals surface area contributed by atoms with Crippen LogP contribution in [0.3, 0.4) is 0 Å². The SMILES string of the molecule is CNC(=S)N/N=C/[C@@H]1[C@H]2[C@@H]3CC[C@H]([C@H](C)CCCC(C)C)[C@@]3(C)CC[C@@H]2[C@@]2(C)CC[C@H](OC(C)=O)C[C@@]12O. The Labute approximate surface area is 236 Å². The van der Waals surface area contributed by atoms with Crippen LogP contribution in [0, 0.1) is 52.3 Å². The van der Waals surface area contributed by atoms with Crippen LogP contribution < -0.4 is 10.7 Å². The quantitative estimate of drug-likeness (QED) is 0.148. The van der Waals surface area contributed by atoms with E-state index < -0.39 is 5.60 Å². The highest BCUT2D eigenvalue weighted by molar-refractivity contribution is 7.80. The number of rotatable bonds is 8. The standard InChI is InChI=1S/C31H53N3O3S/c1-19(2)9-8-10-20(3)23-11-12-24-27-25(14-15-29(23,24)5)30(6)16-13-22(37-21(4)35)17-31(30,36)26(27)18-33-34-28(38)32-7/h18-20,22-27,36H,8-17H2,1-7H3,(H2,32,34,38)/b33-18+/t20-,22+,23-,24+,25+,26-,27+,29-,30-,31-/m1/s1. The van der Waals surface area contributed by atoms with Gasteiger partial charge < -0.3 is 15.2 Å². The fourth-order valence-corrected chi connectivity index (χ4v) is 10.0. The lowest BCUT2D eigenvalue weighted by Gasteiger charge is -2.52. The van der Waals surface area contributed by atoms with Crippen molar-refractivity contribution in [1.29, 1.82) is 0 Å². The predicted molar refractivity (Wildman–Crippen MR) is 158 cm³/mol. The molecule has 4 saturated carbocycles. The molecule has 0 aromatic rings. The molecule has 0 amide bonds. The summed E-state index contributed by atoms with van der Waals surface area (Å²) in [5.74, 6) is 3.29. The van der Waals surface area contributed by atoms with Crippen molar-refractivity contribution in [1.82, 2.24) is 10.7 Å². The van der Waals surface area contributed by atoms with Crippen molar-refractivity contribution in [3.05, 3.63) is 0 Å². The Balaban J connectivity index is 1.65. The first-order chi connectivity index (χ1) is 17.9. The second-order valence-corrected chi connectivity index (χ2v) is 14.5. The molecule has 4 aliphatic rings. The van der Waals surface area contributed by atoms with Crippen molar-refractivity contribution >= 4 is 29.5 Å². The Morgan fingerprint density at radius 2 is 1.87 bits per heavy atom. The molecule has 0 radical (unpaired) electrons. The highest BCUT2D eigenvalue weighted by atomic mass is 32.1. The largest absolute Gasteiger partial charge is 0.462 e. The number of aliphatic hydroxyl groups is 1. The Bertz CT molecular complexity index is 911. The zero-order chi connectivity index (χ0) is 27.9. The lowest BCUT2D eigenvalue weighted by molar-refractivity contribution is -0.170. The van der Waals surface area contributed by atoms with Crippen LogP contribution in [0.25, 0.3) is 0 Å². The van der Waals surface area contributed by atoms with Gasteiger partial charge in [0, 0.05) is 37.9 Å². The normalized spacial score (nSPS) is 42.9. The third kappa shape index (κ3) is 5.15. The van der Waals surface area contributed by atoms with Gasteiger partial charge in [0.2, 0.25) is 0 Å². The van der Waals surface area contributed by atoms with Crippen molar-refractivity contribution in [2.24, 2.45) is 57.4 Å². The molecule has 7 heteroatoms. The summed E-state index contributed by atoms with van der Waals surface area (Å²) in [6, 6.07) is 0. The number of nitrogens with one attached hydrogen (secondary N) is 2. The first-order valence-electron chi connectivity index (χ1n) is 15.3. The van der Waals surface area contributed by atoms with Gasteiger partial charge in [-0.3, -0.25) is 10.2 Å². The van der Waals surface area contributed by atoms with Crippen LogP contribution in [0.4, 0.5) is 0 Å². The van der Waals surface area contributed by atoms with Crippen LogP contribution in [0.5, 0.6) is 0 Å². The molecular formula is C31H53N3O3S. The van der Waals surface area contributed by atoms with Crippen molar-refractivity contribution < 1.29 is 14.6 Å². The van der Waals surface area contributed by atoms with E-state index >= 15 is 0 Å². The van der Waals surface area contributed by atoms with Crippen molar-refractivity contribution in [2.45, 2.75) is 117 Å². The molecule has 0 spiro atoms. The molecule has 3 N–H and O–H groups in total. The Hall–Kier alpha value is -1.21. The highest BCUT2D eigenvalue weighted by Crippen LogP contribution is 2.73. The maximum Gasteiger partial charge on any atom is 0.302 e. The molecular weight excluding hydrogens is 494 g/mol. The van der Waals surface area contributed by atoms with E-state index in [0.717, 1.165) is 37.0 Å². The summed E-state index contributed by atoms with van der Waals surface area (Å²) in [6.07, 6.45) is 12.8. The van der Waals surface area contributed by atoms with Gasteiger partial charge in [-0.15, -0.1) is 0 Å². The Morgan fingerprint density at radius 1 is 1.13 bits per heavy atom. The minimum Gasteiger partial charge on any atom is -0.462 e. The van der Waals surface area contributed by atoms with Gasteiger partial charge in [-0.1, -0.05) is 53.9 Å². The van der Waals surface area contributed by atoms with E-state index in [1.165, 1.54) is 45.4 Å².